The SMILES string of the molecule is CN(C)c1cccc(COC(=O)c2ccnc(-n3ccnc3)c2)c1. The highest BCUT2D eigenvalue weighted by Gasteiger charge is 2.10. The second-order valence-corrected chi connectivity index (χ2v) is 5.51. The summed E-state index contributed by atoms with van der Waals surface area (Å²) in [5.41, 5.74) is 2.46. The van der Waals surface area contributed by atoms with E-state index in [2.05, 4.69) is 9.97 Å². The zero-order chi connectivity index (χ0) is 16.9. The van der Waals surface area contributed by atoms with Gasteiger partial charge in [0.25, 0.3) is 0 Å². The number of hydrogen-bond acceptors (Lipinski definition) is 5. The minimum Gasteiger partial charge on any atom is -0.457 e. The molecule has 0 atom stereocenters. The standard InChI is InChI=1S/C18H18N4O2/c1-21(2)16-5-3-4-14(10-16)12-24-18(23)15-6-7-20-17(11-15)22-9-8-19-13-22/h3-11,13H,12H2,1-2H3. The fourth-order valence-corrected chi connectivity index (χ4v) is 2.24. The molecule has 6 nitrogen and oxygen atoms in total. The number of anilines is 1. The molecule has 0 spiro atoms. The van der Waals surface area contributed by atoms with Crippen LogP contribution >= 0.6 is 0 Å². The smallest absolute Gasteiger partial charge is 0.338 e. The number of carbonyl (C=O) groups excluding carboxylic acids is 1. The van der Waals surface area contributed by atoms with Crippen LogP contribution in [0.15, 0.2) is 61.3 Å². The molecule has 3 aromatic rings. The molecule has 0 bridgehead atoms. The monoisotopic (exact) mass is 322 g/mol. The van der Waals surface area contributed by atoms with Gasteiger partial charge in [-0.15, -0.1) is 0 Å². The molecule has 1 aromatic carbocycles. The lowest BCUT2D eigenvalue weighted by Gasteiger charge is -2.13. The van der Waals surface area contributed by atoms with Crippen molar-refractivity contribution in [2.75, 3.05) is 19.0 Å². The van der Waals surface area contributed by atoms with Crippen LogP contribution in [0.25, 0.3) is 5.82 Å². The Hall–Kier alpha value is -3.15. The maximum atomic E-state index is 12.3. The van der Waals surface area contributed by atoms with Gasteiger partial charge in [0.2, 0.25) is 0 Å². The van der Waals surface area contributed by atoms with E-state index >= 15 is 0 Å². The third kappa shape index (κ3) is 3.60. The molecule has 24 heavy (non-hydrogen) atoms. The molecule has 122 valence electrons. The number of hydrogen-bond donors (Lipinski definition) is 0. The van der Waals surface area contributed by atoms with Gasteiger partial charge in [-0.1, -0.05) is 12.1 Å². The van der Waals surface area contributed by atoms with Crippen LogP contribution in [0.3, 0.4) is 0 Å². The maximum Gasteiger partial charge on any atom is 0.338 e. The third-order valence-electron chi connectivity index (χ3n) is 3.55. The van der Waals surface area contributed by atoms with Crippen LogP contribution in [0.5, 0.6) is 0 Å². The van der Waals surface area contributed by atoms with Gasteiger partial charge in [-0.3, -0.25) is 4.57 Å². The molecule has 3 rings (SSSR count). The number of benzene rings is 1. The van der Waals surface area contributed by atoms with Crippen molar-refractivity contribution in [1.82, 2.24) is 14.5 Å². The summed E-state index contributed by atoms with van der Waals surface area (Å²) in [5.74, 6) is 0.241. The summed E-state index contributed by atoms with van der Waals surface area (Å²) in [6, 6.07) is 11.2. The van der Waals surface area contributed by atoms with Crippen molar-refractivity contribution in [1.29, 1.82) is 0 Å². The van der Waals surface area contributed by atoms with Crippen molar-refractivity contribution in [2.45, 2.75) is 6.61 Å². The highest BCUT2D eigenvalue weighted by molar-refractivity contribution is 5.89. The number of aromatic nitrogens is 3. The fourth-order valence-electron chi connectivity index (χ4n) is 2.24. The molecule has 0 saturated carbocycles. The second kappa shape index (κ2) is 6.95. The van der Waals surface area contributed by atoms with Crippen LogP contribution in [0, 0.1) is 0 Å². The highest BCUT2D eigenvalue weighted by atomic mass is 16.5. The number of carbonyl (C=O) groups is 1. The largest absolute Gasteiger partial charge is 0.457 e. The molecule has 6 heteroatoms. The summed E-state index contributed by atoms with van der Waals surface area (Å²) in [6.07, 6.45) is 6.64. The van der Waals surface area contributed by atoms with E-state index in [1.165, 1.54) is 0 Å². The van der Waals surface area contributed by atoms with Crippen molar-refractivity contribution < 1.29 is 9.53 Å². The lowest BCUT2D eigenvalue weighted by Crippen LogP contribution is -2.10. The minimum atomic E-state index is -0.381. The molecule has 0 unspecified atom stereocenters. The average Bonchev–Trinajstić information content (AvgIpc) is 3.15. The molecular formula is C18H18N4O2. The van der Waals surface area contributed by atoms with Gasteiger partial charge in [0.1, 0.15) is 18.8 Å². The van der Waals surface area contributed by atoms with E-state index in [0.29, 0.717) is 11.4 Å². The van der Waals surface area contributed by atoms with Gasteiger partial charge in [-0.25, -0.2) is 14.8 Å². The van der Waals surface area contributed by atoms with Crippen LogP contribution in [-0.4, -0.2) is 34.6 Å². The molecule has 0 aliphatic carbocycles. The molecule has 0 aliphatic heterocycles. The Morgan fingerprint density at radius 2 is 2.08 bits per heavy atom. The van der Waals surface area contributed by atoms with Crippen molar-refractivity contribution >= 4 is 11.7 Å². The minimum absolute atomic E-state index is 0.225. The number of imidazole rings is 1. The zero-order valence-corrected chi connectivity index (χ0v) is 13.6. The molecule has 0 amide bonds. The van der Waals surface area contributed by atoms with Crippen LogP contribution < -0.4 is 4.90 Å². The highest BCUT2D eigenvalue weighted by Crippen LogP contribution is 2.15. The Morgan fingerprint density at radius 3 is 2.83 bits per heavy atom. The van der Waals surface area contributed by atoms with Gasteiger partial charge < -0.3 is 9.64 Å². The van der Waals surface area contributed by atoms with E-state index in [4.69, 9.17) is 4.74 Å². The summed E-state index contributed by atoms with van der Waals surface area (Å²) in [5, 5.41) is 0. The van der Waals surface area contributed by atoms with Crippen molar-refractivity contribution in [3.8, 4) is 5.82 Å². The molecule has 0 fully saturated rings. The number of pyridine rings is 1. The maximum absolute atomic E-state index is 12.3. The third-order valence-corrected chi connectivity index (χ3v) is 3.55. The molecular weight excluding hydrogens is 304 g/mol. The van der Waals surface area contributed by atoms with Crippen molar-refractivity contribution in [2.24, 2.45) is 0 Å². The molecule has 2 aromatic heterocycles. The van der Waals surface area contributed by atoms with Gasteiger partial charge in [0.05, 0.1) is 5.56 Å². The summed E-state index contributed by atoms with van der Waals surface area (Å²) in [7, 11) is 3.94. The Labute approximate surface area is 140 Å². The lowest BCUT2D eigenvalue weighted by molar-refractivity contribution is 0.0472. The first-order chi connectivity index (χ1) is 11.6. The molecule has 0 N–H and O–H groups in total. The van der Waals surface area contributed by atoms with Gasteiger partial charge in [0, 0.05) is 38.4 Å². The number of ether oxygens (including phenoxy) is 1. The van der Waals surface area contributed by atoms with Crippen LogP contribution in [0.4, 0.5) is 5.69 Å². The van der Waals surface area contributed by atoms with E-state index in [0.717, 1.165) is 11.3 Å². The Morgan fingerprint density at radius 1 is 1.21 bits per heavy atom. The van der Waals surface area contributed by atoms with Gasteiger partial charge >= 0.3 is 5.97 Å². The first-order valence-corrected chi connectivity index (χ1v) is 7.51. The van der Waals surface area contributed by atoms with Crippen molar-refractivity contribution in [3.05, 3.63) is 72.4 Å². The quantitative estimate of drug-likeness (QED) is 0.676. The Kier molecular flexibility index (Phi) is 4.56. The zero-order valence-electron chi connectivity index (χ0n) is 13.6. The van der Waals surface area contributed by atoms with E-state index in [9.17, 15) is 4.79 Å². The Balaban J connectivity index is 1.69. The molecule has 0 saturated heterocycles. The number of nitrogens with zero attached hydrogens (tertiary/aromatic N) is 4. The van der Waals surface area contributed by atoms with E-state index < -0.39 is 0 Å². The number of esters is 1. The summed E-state index contributed by atoms with van der Waals surface area (Å²) >= 11 is 0. The molecule has 0 aliphatic rings. The van der Waals surface area contributed by atoms with Crippen LogP contribution in [0.2, 0.25) is 0 Å². The van der Waals surface area contributed by atoms with E-state index in [-0.39, 0.29) is 12.6 Å². The summed E-state index contributed by atoms with van der Waals surface area (Å²) in [4.78, 5) is 22.5. The normalized spacial score (nSPS) is 10.4. The first-order valence-electron chi connectivity index (χ1n) is 7.51. The molecule has 2 heterocycles. The van der Waals surface area contributed by atoms with Gasteiger partial charge in [-0.2, -0.15) is 0 Å². The second-order valence-electron chi connectivity index (χ2n) is 5.51. The first kappa shape index (κ1) is 15.7. The van der Waals surface area contributed by atoms with Gasteiger partial charge in [-0.05, 0) is 29.8 Å². The van der Waals surface area contributed by atoms with Crippen molar-refractivity contribution in [3.63, 3.8) is 0 Å². The van der Waals surface area contributed by atoms with Crippen LogP contribution in [-0.2, 0) is 11.3 Å². The predicted molar refractivity (Wildman–Crippen MR) is 91.2 cm³/mol. The number of rotatable bonds is 5. The lowest BCUT2D eigenvalue weighted by atomic mass is 10.2. The molecule has 0 radical (unpaired) electrons. The fraction of sp³-hybridized carbons (Fsp3) is 0.167. The topological polar surface area (TPSA) is 60.2 Å². The summed E-state index contributed by atoms with van der Waals surface area (Å²) < 4.78 is 7.14. The predicted octanol–water partition coefficient (Wildman–Crippen LogP) is 2.69. The van der Waals surface area contributed by atoms with E-state index in [1.807, 2.05) is 43.3 Å². The Bertz CT molecular complexity index is 829. The average molecular weight is 322 g/mol. The van der Waals surface area contributed by atoms with Gasteiger partial charge in [0.15, 0.2) is 0 Å². The summed E-state index contributed by atoms with van der Waals surface area (Å²) in [6.45, 7) is 0.225. The van der Waals surface area contributed by atoms with E-state index in [1.54, 1.807) is 41.6 Å². The van der Waals surface area contributed by atoms with Crippen LogP contribution in [0.1, 0.15) is 15.9 Å².